The highest BCUT2D eigenvalue weighted by atomic mass is 35.5. The molecule has 4 heteroatoms. The van der Waals surface area contributed by atoms with Gasteiger partial charge in [0.2, 0.25) is 0 Å². The predicted octanol–water partition coefficient (Wildman–Crippen LogP) is 3.99. The lowest BCUT2D eigenvalue weighted by atomic mass is 9.74. The van der Waals surface area contributed by atoms with E-state index in [4.69, 9.17) is 17.3 Å². The second-order valence-corrected chi connectivity index (χ2v) is 6.92. The Morgan fingerprint density at radius 1 is 1.24 bits per heavy atom. The van der Waals surface area contributed by atoms with E-state index in [1.807, 2.05) is 6.07 Å². The van der Waals surface area contributed by atoms with Crippen molar-refractivity contribution in [3.05, 3.63) is 34.6 Å². The summed E-state index contributed by atoms with van der Waals surface area (Å²) in [7, 11) is 0. The molecular formula is C17H24ClFN2. The van der Waals surface area contributed by atoms with E-state index in [0.29, 0.717) is 6.54 Å². The van der Waals surface area contributed by atoms with Gasteiger partial charge in [0.05, 0.1) is 5.02 Å². The molecule has 116 valence electrons. The van der Waals surface area contributed by atoms with Crippen LogP contribution in [0.4, 0.5) is 4.39 Å². The lowest BCUT2D eigenvalue weighted by molar-refractivity contribution is 0.0586. The molecule has 1 aromatic carbocycles. The third-order valence-corrected chi connectivity index (χ3v) is 5.60. The molecule has 0 radical (unpaired) electrons. The number of rotatable bonds is 3. The van der Waals surface area contributed by atoms with Crippen molar-refractivity contribution in [2.75, 3.05) is 19.6 Å². The van der Waals surface area contributed by atoms with Crippen molar-refractivity contribution in [1.82, 2.24) is 4.90 Å². The molecule has 1 aliphatic heterocycles. The molecule has 0 amide bonds. The van der Waals surface area contributed by atoms with Gasteiger partial charge in [-0.1, -0.05) is 36.9 Å². The van der Waals surface area contributed by atoms with Crippen molar-refractivity contribution in [3.63, 3.8) is 0 Å². The molecule has 3 unspecified atom stereocenters. The summed E-state index contributed by atoms with van der Waals surface area (Å²) in [5, 5.41) is 0.193. The number of halogens is 2. The van der Waals surface area contributed by atoms with Crippen LogP contribution < -0.4 is 5.73 Å². The number of hydrogen-bond donors (Lipinski definition) is 1. The molecule has 21 heavy (non-hydrogen) atoms. The summed E-state index contributed by atoms with van der Waals surface area (Å²) in [4.78, 5) is 2.48. The summed E-state index contributed by atoms with van der Waals surface area (Å²) in [5.41, 5.74) is 7.05. The van der Waals surface area contributed by atoms with Gasteiger partial charge in [0.25, 0.3) is 0 Å². The smallest absolute Gasteiger partial charge is 0.141 e. The fraction of sp³-hybridized carbons (Fsp3) is 0.647. The van der Waals surface area contributed by atoms with Crippen molar-refractivity contribution < 1.29 is 4.39 Å². The molecule has 2 aliphatic rings. The van der Waals surface area contributed by atoms with E-state index in [-0.39, 0.29) is 16.9 Å². The first-order chi connectivity index (χ1) is 10.2. The minimum absolute atomic E-state index is 0.158. The molecule has 2 fully saturated rings. The second kappa shape index (κ2) is 6.64. The zero-order valence-corrected chi connectivity index (χ0v) is 13.2. The van der Waals surface area contributed by atoms with Crippen LogP contribution >= 0.6 is 11.6 Å². The van der Waals surface area contributed by atoms with E-state index in [1.54, 1.807) is 6.07 Å². The highest BCUT2D eigenvalue weighted by Crippen LogP contribution is 2.38. The van der Waals surface area contributed by atoms with Crippen molar-refractivity contribution in [3.8, 4) is 0 Å². The van der Waals surface area contributed by atoms with Crippen LogP contribution in [0.3, 0.4) is 0 Å². The Hall–Kier alpha value is -0.640. The van der Waals surface area contributed by atoms with E-state index in [2.05, 4.69) is 4.90 Å². The van der Waals surface area contributed by atoms with Gasteiger partial charge in [-0.05, 0) is 48.9 Å². The highest BCUT2D eigenvalue weighted by molar-refractivity contribution is 6.30. The van der Waals surface area contributed by atoms with Gasteiger partial charge in [-0.15, -0.1) is 0 Å². The number of nitrogens with zero attached hydrogens (tertiary/aromatic N) is 1. The molecule has 1 aliphatic carbocycles. The van der Waals surface area contributed by atoms with Crippen LogP contribution in [0.2, 0.25) is 5.02 Å². The van der Waals surface area contributed by atoms with Gasteiger partial charge in [-0.2, -0.15) is 0 Å². The topological polar surface area (TPSA) is 29.3 Å². The number of likely N-dealkylation sites (tertiary alicyclic amines) is 1. The van der Waals surface area contributed by atoms with Crippen molar-refractivity contribution in [2.45, 2.75) is 38.1 Å². The van der Waals surface area contributed by atoms with Crippen LogP contribution in [0.25, 0.3) is 0 Å². The summed E-state index contributed by atoms with van der Waals surface area (Å²) in [6.07, 6.45) is 6.78. The van der Waals surface area contributed by atoms with Gasteiger partial charge in [-0.25, -0.2) is 4.39 Å². The minimum Gasteiger partial charge on any atom is -0.329 e. The third kappa shape index (κ3) is 3.25. The molecule has 1 aromatic rings. The predicted molar refractivity (Wildman–Crippen MR) is 84.8 cm³/mol. The summed E-state index contributed by atoms with van der Waals surface area (Å²) in [6, 6.07) is 5.17. The van der Waals surface area contributed by atoms with Crippen LogP contribution in [-0.2, 0) is 0 Å². The summed E-state index contributed by atoms with van der Waals surface area (Å²) in [5.74, 6) is 1.37. The summed E-state index contributed by atoms with van der Waals surface area (Å²) >= 11 is 5.93. The molecule has 2 nitrogen and oxygen atoms in total. The number of hydrogen-bond acceptors (Lipinski definition) is 2. The van der Waals surface area contributed by atoms with E-state index in [9.17, 15) is 4.39 Å². The molecule has 3 atom stereocenters. The molecule has 1 saturated heterocycles. The maximum atomic E-state index is 13.4. The first-order valence-electron chi connectivity index (χ1n) is 8.08. The fourth-order valence-electron chi connectivity index (χ4n) is 4.13. The van der Waals surface area contributed by atoms with E-state index in [0.717, 1.165) is 30.5 Å². The van der Waals surface area contributed by atoms with Crippen LogP contribution in [-0.4, -0.2) is 24.5 Å². The average Bonchev–Trinajstić information content (AvgIpc) is 2.51. The van der Waals surface area contributed by atoms with Gasteiger partial charge < -0.3 is 5.73 Å². The van der Waals surface area contributed by atoms with Crippen molar-refractivity contribution in [1.29, 1.82) is 0 Å². The monoisotopic (exact) mass is 310 g/mol. The van der Waals surface area contributed by atoms with Crippen LogP contribution in [0.15, 0.2) is 18.2 Å². The lowest BCUT2D eigenvalue weighted by Crippen LogP contribution is -2.45. The molecule has 1 saturated carbocycles. The lowest BCUT2D eigenvalue weighted by Gasteiger charge is -2.44. The van der Waals surface area contributed by atoms with Crippen LogP contribution in [0, 0.1) is 17.7 Å². The van der Waals surface area contributed by atoms with E-state index >= 15 is 0 Å². The zero-order valence-electron chi connectivity index (χ0n) is 12.4. The SMILES string of the molecule is NCC(c1ccc(F)c(Cl)c1)N1CCC2CCCCC2C1. The normalized spacial score (nSPS) is 28.1. The Bertz CT molecular complexity index is 494. The van der Waals surface area contributed by atoms with Gasteiger partial charge in [-0.3, -0.25) is 4.90 Å². The second-order valence-electron chi connectivity index (χ2n) is 6.51. The first kappa shape index (κ1) is 15.3. The Balaban J connectivity index is 1.75. The molecule has 3 rings (SSSR count). The molecule has 1 heterocycles. The molecule has 2 N–H and O–H groups in total. The van der Waals surface area contributed by atoms with Gasteiger partial charge >= 0.3 is 0 Å². The Morgan fingerprint density at radius 2 is 2.00 bits per heavy atom. The Morgan fingerprint density at radius 3 is 2.71 bits per heavy atom. The number of nitrogens with two attached hydrogens (primary N) is 1. The Labute approximate surface area is 131 Å². The zero-order chi connectivity index (χ0) is 14.8. The minimum atomic E-state index is -0.359. The van der Waals surface area contributed by atoms with Crippen molar-refractivity contribution >= 4 is 11.6 Å². The van der Waals surface area contributed by atoms with Crippen molar-refractivity contribution in [2.24, 2.45) is 17.6 Å². The molecule has 0 bridgehead atoms. The molecule has 0 aromatic heterocycles. The summed E-state index contributed by atoms with van der Waals surface area (Å²) in [6.45, 7) is 2.78. The number of piperidine rings is 1. The number of fused-ring (bicyclic) bond motifs is 1. The standard InChI is InChI=1S/C17H24ClFN2/c18-15-9-13(5-6-16(15)19)17(10-20)21-8-7-12-3-1-2-4-14(12)11-21/h5-6,9,12,14,17H,1-4,7-8,10-11,20H2. The van der Waals surface area contributed by atoms with Crippen LogP contribution in [0.1, 0.15) is 43.7 Å². The van der Waals surface area contributed by atoms with E-state index < -0.39 is 0 Å². The molecular weight excluding hydrogens is 287 g/mol. The maximum absolute atomic E-state index is 13.4. The van der Waals surface area contributed by atoms with Gasteiger partial charge in [0.15, 0.2) is 0 Å². The quantitative estimate of drug-likeness (QED) is 0.914. The average molecular weight is 311 g/mol. The van der Waals surface area contributed by atoms with Crippen LogP contribution in [0.5, 0.6) is 0 Å². The van der Waals surface area contributed by atoms with Gasteiger partial charge in [0, 0.05) is 19.1 Å². The third-order valence-electron chi connectivity index (χ3n) is 5.32. The largest absolute Gasteiger partial charge is 0.329 e. The Kier molecular flexibility index (Phi) is 4.82. The van der Waals surface area contributed by atoms with Gasteiger partial charge in [0.1, 0.15) is 5.82 Å². The maximum Gasteiger partial charge on any atom is 0.141 e. The number of benzene rings is 1. The summed E-state index contributed by atoms with van der Waals surface area (Å²) < 4.78 is 13.4. The highest BCUT2D eigenvalue weighted by Gasteiger charge is 2.33. The molecule has 0 spiro atoms. The van der Waals surface area contributed by atoms with E-state index in [1.165, 1.54) is 38.2 Å². The first-order valence-corrected chi connectivity index (χ1v) is 8.46. The fourth-order valence-corrected chi connectivity index (χ4v) is 4.32.